The standard InChI is InChI=1S/C15H20N2O/c1-12-6-5-9-14(10-12)16-17-15(18)11-13-7-3-2-4-8-13/h2-4,7-8,12H,5-6,9-11H2,1H3,(H,17,18)/b16-14+. The third-order valence-electron chi connectivity index (χ3n) is 3.29. The molecule has 0 bridgehead atoms. The molecule has 1 aromatic rings. The van der Waals surface area contributed by atoms with Gasteiger partial charge in [-0.1, -0.05) is 37.3 Å². The molecule has 3 heteroatoms. The van der Waals surface area contributed by atoms with Gasteiger partial charge in [0.15, 0.2) is 0 Å². The fourth-order valence-electron chi connectivity index (χ4n) is 2.32. The fourth-order valence-corrected chi connectivity index (χ4v) is 2.32. The first-order chi connectivity index (χ1) is 8.74. The zero-order chi connectivity index (χ0) is 12.8. The molecule has 1 fully saturated rings. The molecule has 0 aromatic heterocycles. The van der Waals surface area contributed by atoms with Crippen LogP contribution in [0.3, 0.4) is 0 Å². The van der Waals surface area contributed by atoms with Gasteiger partial charge in [-0.15, -0.1) is 0 Å². The maximum absolute atomic E-state index is 11.7. The van der Waals surface area contributed by atoms with Crippen LogP contribution in [0.1, 0.15) is 38.2 Å². The lowest BCUT2D eigenvalue weighted by Gasteiger charge is -2.18. The van der Waals surface area contributed by atoms with E-state index in [0.29, 0.717) is 12.3 Å². The molecule has 1 aliphatic rings. The molecule has 0 aliphatic heterocycles. The van der Waals surface area contributed by atoms with E-state index in [-0.39, 0.29) is 5.91 Å². The molecule has 1 aliphatic carbocycles. The minimum atomic E-state index is -0.0353. The van der Waals surface area contributed by atoms with Crippen LogP contribution in [-0.4, -0.2) is 11.6 Å². The summed E-state index contributed by atoms with van der Waals surface area (Å²) >= 11 is 0. The summed E-state index contributed by atoms with van der Waals surface area (Å²) in [7, 11) is 0. The molecule has 0 heterocycles. The van der Waals surface area contributed by atoms with Crippen molar-refractivity contribution in [3.05, 3.63) is 35.9 Å². The van der Waals surface area contributed by atoms with Crippen LogP contribution in [-0.2, 0) is 11.2 Å². The minimum absolute atomic E-state index is 0.0353. The largest absolute Gasteiger partial charge is 0.273 e. The van der Waals surface area contributed by atoms with Gasteiger partial charge in [0.05, 0.1) is 6.42 Å². The van der Waals surface area contributed by atoms with Crippen molar-refractivity contribution in [1.82, 2.24) is 5.43 Å². The second-order valence-corrected chi connectivity index (χ2v) is 5.08. The number of hydrogen-bond acceptors (Lipinski definition) is 2. The third kappa shape index (κ3) is 3.99. The highest BCUT2D eigenvalue weighted by atomic mass is 16.2. The van der Waals surface area contributed by atoms with Crippen LogP contribution in [0.15, 0.2) is 35.4 Å². The zero-order valence-electron chi connectivity index (χ0n) is 10.9. The van der Waals surface area contributed by atoms with Crippen molar-refractivity contribution in [2.45, 2.75) is 39.0 Å². The molecule has 1 amide bonds. The van der Waals surface area contributed by atoms with Crippen molar-refractivity contribution in [1.29, 1.82) is 0 Å². The Kier molecular flexibility index (Phi) is 4.51. The van der Waals surface area contributed by atoms with Gasteiger partial charge < -0.3 is 0 Å². The summed E-state index contributed by atoms with van der Waals surface area (Å²) in [6, 6.07) is 9.74. The molecule has 2 rings (SSSR count). The molecule has 1 N–H and O–H groups in total. The molecule has 1 unspecified atom stereocenters. The summed E-state index contributed by atoms with van der Waals surface area (Å²) in [4.78, 5) is 11.7. The first kappa shape index (κ1) is 12.8. The van der Waals surface area contributed by atoms with Crippen LogP contribution < -0.4 is 5.43 Å². The van der Waals surface area contributed by atoms with Crippen LogP contribution in [0.2, 0.25) is 0 Å². The summed E-state index contributed by atoms with van der Waals surface area (Å²) < 4.78 is 0. The minimum Gasteiger partial charge on any atom is -0.273 e. The highest BCUT2D eigenvalue weighted by Crippen LogP contribution is 2.20. The van der Waals surface area contributed by atoms with E-state index >= 15 is 0 Å². The normalized spacial score (nSPS) is 21.8. The van der Waals surface area contributed by atoms with Crippen LogP contribution in [0.4, 0.5) is 0 Å². The second kappa shape index (κ2) is 6.34. The number of hydrazone groups is 1. The van der Waals surface area contributed by atoms with E-state index in [4.69, 9.17) is 0 Å². The second-order valence-electron chi connectivity index (χ2n) is 5.08. The van der Waals surface area contributed by atoms with Crippen molar-refractivity contribution in [3.63, 3.8) is 0 Å². The molecule has 1 saturated carbocycles. The topological polar surface area (TPSA) is 41.5 Å². The SMILES string of the molecule is CC1CCC/C(=N\NC(=O)Cc2ccccc2)C1. The Hall–Kier alpha value is -1.64. The predicted molar refractivity (Wildman–Crippen MR) is 73.4 cm³/mol. The molecular formula is C15H20N2O. The van der Waals surface area contributed by atoms with E-state index in [2.05, 4.69) is 17.5 Å². The van der Waals surface area contributed by atoms with Gasteiger partial charge in [-0.3, -0.25) is 4.79 Å². The van der Waals surface area contributed by atoms with Crippen LogP contribution in [0, 0.1) is 5.92 Å². The van der Waals surface area contributed by atoms with Gasteiger partial charge in [0.25, 0.3) is 0 Å². The van der Waals surface area contributed by atoms with Crippen molar-refractivity contribution in [2.75, 3.05) is 0 Å². The third-order valence-corrected chi connectivity index (χ3v) is 3.29. The van der Waals surface area contributed by atoms with E-state index < -0.39 is 0 Å². The summed E-state index contributed by atoms with van der Waals surface area (Å²) in [6.45, 7) is 2.24. The Bertz CT molecular complexity index is 425. The molecule has 3 nitrogen and oxygen atoms in total. The van der Waals surface area contributed by atoms with Crippen LogP contribution in [0.25, 0.3) is 0 Å². The molecule has 96 valence electrons. The highest BCUT2D eigenvalue weighted by molar-refractivity contribution is 5.87. The summed E-state index contributed by atoms with van der Waals surface area (Å²) in [5, 5.41) is 4.25. The Morgan fingerprint density at radius 1 is 1.39 bits per heavy atom. The van der Waals surface area contributed by atoms with E-state index in [9.17, 15) is 4.79 Å². The lowest BCUT2D eigenvalue weighted by Crippen LogP contribution is -2.23. The van der Waals surface area contributed by atoms with Crippen molar-refractivity contribution < 1.29 is 4.79 Å². The molecule has 0 radical (unpaired) electrons. The summed E-state index contributed by atoms with van der Waals surface area (Å²) in [6.07, 6.45) is 4.90. The maximum atomic E-state index is 11.7. The number of carbonyl (C=O) groups is 1. The Morgan fingerprint density at radius 3 is 2.89 bits per heavy atom. The average molecular weight is 244 g/mol. The van der Waals surface area contributed by atoms with E-state index in [1.165, 1.54) is 12.8 Å². The molecule has 1 atom stereocenters. The molecule has 18 heavy (non-hydrogen) atoms. The number of rotatable bonds is 3. The highest BCUT2D eigenvalue weighted by Gasteiger charge is 2.14. The Labute approximate surface area is 108 Å². The molecule has 0 spiro atoms. The monoisotopic (exact) mass is 244 g/mol. The first-order valence-electron chi connectivity index (χ1n) is 6.62. The van der Waals surface area contributed by atoms with Gasteiger partial charge >= 0.3 is 0 Å². The number of amides is 1. The van der Waals surface area contributed by atoms with E-state index in [1.54, 1.807) is 0 Å². The number of nitrogens with one attached hydrogen (secondary N) is 1. The quantitative estimate of drug-likeness (QED) is 0.816. The fraction of sp³-hybridized carbons (Fsp3) is 0.467. The van der Waals surface area contributed by atoms with E-state index in [1.807, 2.05) is 30.3 Å². The first-order valence-corrected chi connectivity index (χ1v) is 6.62. The van der Waals surface area contributed by atoms with E-state index in [0.717, 1.165) is 24.1 Å². The van der Waals surface area contributed by atoms with Crippen LogP contribution >= 0.6 is 0 Å². The zero-order valence-corrected chi connectivity index (χ0v) is 10.9. The predicted octanol–water partition coefficient (Wildman–Crippen LogP) is 2.91. The smallest absolute Gasteiger partial charge is 0.244 e. The van der Waals surface area contributed by atoms with Crippen molar-refractivity contribution in [2.24, 2.45) is 11.0 Å². The summed E-state index contributed by atoms with van der Waals surface area (Å²) in [5.41, 5.74) is 4.83. The van der Waals surface area contributed by atoms with Gasteiger partial charge in [0, 0.05) is 5.71 Å². The Balaban J connectivity index is 1.83. The van der Waals surface area contributed by atoms with Gasteiger partial charge in [-0.25, -0.2) is 5.43 Å². The average Bonchev–Trinajstić information content (AvgIpc) is 2.38. The lowest BCUT2D eigenvalue weighted by molar-refractivity contribution is -0.120. The number of nitrogens with zero attached hydrogens (tertiary/aromatic N) is 1. The number of hydrogen-bond donors (Lipinski definition) is 1. The number of benzene rings is 1. The lowest BCUT2D eigenvalue weighted by atomic mass is 9.89. The summed E-state index contributed by atoms with van der Waals surface area (Å²) in [5.74, 6) is 0.662. The van der Waals surface area contributed by atoms with Gasteiger partial charge in [0.1, 0.15) is 0 Å². The van der Waals surface area contributed by atoms with Gasteiger partial charge in [-0.05, 0) is 37.2 Å². The molecule has 0 saturated heterocycles. The van der Waals surface area contributed by atoms with Gasteiger partial charge in [-0.2, -0.15) is 5.10 Å². The molecular weight excluding hydrogens is 224 g/mol. The number of carbonyl (C=O) groups excluding carboxylic acids is 1. The maximum Gasteiger partial charge on any atom is 0.244 e. The van der Waals surface area contributed by atoms with Crippen molar-refractivity contribution >= 4 is 11.6 Å². The van der Waals surface area contributed by atoms with Crippen molar-refractivity contribution in [3.8, 4) is 0 Å². The molecule has 1 aromatic carbocycles. The van der Waals surface area contributed by atoms with Gasteiger partial charge in [0.2, 0.25) is 5.91 Å². The van der Waals surface area contributed by atoms with Crippen LogP contribution in [0.5, 0.6) is 0 Å². The Morgan fingerprint density at radius 2 is 2.17 bits per heavy atom.